The van der Waals surface area contributed by atoms with Gasteiger partial charge in [-0.25, -0.2) is 0 Å². The van der Waals surface area contributed by atoms with Crippen LogP contribution < -0.4 is 5.32 Å². The zero-order chi connectivity index (χ0) is 22.2. The lowest BCUT2D eigenvalue weighted by molar-refractivity contribution is -0.113. The molecule has 2 heterocycles. The second-order valence-electron chi connectivity index (χ2n) is 9.73. The average molecular weight is 458 g/mol. The molecule has 2 aliphatic carbocycles. The van der Waals surface area contributed by atoms with Crippen molar-refractivity contribution in [3.63, 3.8) is 0 Å². The molecule has 1 fully saturated rings. The molecule has 1 amide bonds. The Morgan fingerprint density at radius 3 is 2.74 bits per heavy atom. The van der Waals surface area contributed by atoms with Gasteiger partial charge in [-0.15, -0.1) is 21.5 Å². The zero-order valence-electron chi connectivity index (χ0n) is 18.8. The summed E-state index contributed by atoms with van der Waals surface area (Å²) in [6.07, 6.45) is 6.39. The number of nitriles is 1. The van der Waals surface area contributed by atoms with E-state index in [1.165, 1.54) is 29.5 Å². The highest BCUT2D eigenvalue weighted by molar-refractivity contribution is 7.99. The molecule has 8 heteroatoms. The fraction of sp³-hybridized carbons (Fsp3) is 0.652. The summed E-state index contributed by atoms with van der Waals surface area (Å²) in [5, 5.41) is 23.0. The van der Waals surface area contributed by atoms with Crippen LogP contribution in [0.2, 0.25) is 0 Å². The standard InChI is InChI=1S/C23H31N5OS2/c1-5-10-28-20(14-6-7-14)26-27-22(28)30-13-19(29)25-21-17(12-24)16-9-8-15(23(2,3)4)11-18(16)31-21/h14-15H,5-11,13H2,1-4H3,(H,25,29). The van der Waals surface area contributed by atoms with Crippen LogP contribution in [0.3, 0.4) is 0 Å². The van der Waals surface area contributed by atoms with Crippen molar-refractivity contribution in [3.8, 4) is 6.07 Å². The first kappa shape index (κ1) is 22.3. The lowest BCUT2D eigenvalue weighted by atomic mass is 9.72. The Kier molecular flexibility index (Phi) is 6.45. The first-order valence-corrected chi connectivity index (χ1v) is 13.0. The molecule has 166 valence electrons. The largest absolute Gasteiger partial charge is 0.316 e. The molecule has 31 heavy (non-hydrogen) atoms. The number of nitrogens with zero attached hydrogens (tertiary/aromatic N) is 4. The second kappa shape index (κ2) is 8.95. The summed E-state index contributed by atoms with van der Waals surface area (Å²) in [5.41, 5.74) is 2.06. The number of thiophene rings is 1. The summed E-state index contributed by atoms with van der Waals surface area (Å²) >= 11 is 3.02. The molecule has 4 rings (SSSR count). The molecule has 6 nitrogen and oxygen atoms in total. The number of amides is 1. The molecular weight excluding hydrogens is 426 g/mol. The Balaban J connectivity index is 1.43. The Morgan fingerprint density at radius 2 is 2.10 bits per heavy atom. The summed E-state index contributed by atoms with van der Waals surface area (Å²) in [6, 6.07) is 2.35. The number of hydrogen-bond acceptors (Lipinski definition) is 6. The number of fused-ring (bicyclic) bond motifs is 1. The first-order valence-electron chi connectivity index (χ1n) is 11.2. The van der Waals surface area contributed by atoms with Crippen molar-refractivity contribution < 1.29 is 4.79 Å². The highest BCUT2D eigenvalue weighted by Gasteiger charge is 2.33. The molecule has 1 saturated carbocycles. The fourth-order valence-corrected chi connectivity index (χ4v) is 6.37. The lowest BCUT2D eigenvalue weighted by Crippen LogP contribution is -2.26. The van der Waals surface area contributed by atoms with Crippen LogP contribution in [0.5, 0.6) is 0 Å². The van der Waals surface area contributed by atoms with E-state index in [4.69, 9.17) is 0 Å². The third kappa shape index (κ3) is 4.83. The van der Waals surface area contributed by atoms with E-state index in [-0.39, 0.29) is 17.1 Å². The van der Waals surface area contributed by atoms with Gasteiger partial charge in [-0.1, -0.05) is 39.5 Å². The maximum atomic E-state index is 12.7. The van der Waals surface area contributed by atoms with Crippen molar-refractivity contribution in [1.29, 1.82) is 5.26 Å². The molecule has 2 aliphatic rings. The van der Waals surface area contributed by atoms with Crippen LogP contribution in [0.1, 0.15) is 81.1 Å². The van der Waals surface area contributed by atoms with Gasteiger partial charge in [0.2, 0.25) is 5.91 Å². The first-order chi connectivity index (χ1) is 14.8. The minimum Gasteiger partial charge on any atom is -0.316 e. The maximum Gasteiger partial charge on any atom is 0.235 e. The number of nitrogens with one attached hydrogen (secondary N) is 1. The van der Waals surface area contributed by atoms with Crippen molar-refractivity contribution in [3.05, 3.63) is 21.8 Å². The molecular formula is C23H31N5OS2. The number of carbonyl (C=O) groups excluding carboxylic acids is 1. The number of anilines is 1. The van der Waals surface area contributed by atoms with Crippen molar-refractivity contribution in [2.75, 3.05) is 11.1 Å². The van der Waals surface area contributed by atoms with Gasteiger partial charge in [-0.05, 0) is 55.4 Å². The predicted octanol–water partition coefficient (Wildman–Crippen LogP) is 5.38. The van der Waals surface area contributed by atoms with Gasteiger partial charge in [0.25, 0.3) is 0 Å². The Hall–Kier alpha value is -1.85. The molecule has 1 N–H and O–H groups in total. The van der Waals surface area contributed by atoms with Gasteiger partial charge >= 0.3 is 0 Å². The Bertz CT molecular complexity index is 1010. The summed E-state index contributed by atoms with van der Waals surface area (Å²) in [6.45, 7) is 9.88. The van der Waals surface area contributed by atoms with Gasteiger partial charge < -0.3 is 9.88 Å². The normalized spacial score (nSPS) is 18.5. The van der Waals surface area contributed by atoms with Gasteiger partial charge in [0.15, 0.2) is 5.16 Å². The number of thioether (sulfide) groups is 1. The molecule has 1 unspecified atom stereocenters. The molecule has 1 atom stereocenters. The number of rotatable bonds is 7. The van der Waals surface area contributed by atoms with Crippen LogP contribution in [0.4, 0.5) is 5.00 Å². The summed E-state index contributed by atoms with van der Waals surface area (Å²) in [4.78, 5) is 14.0. The molecule has 0 bridgehead atoms. The second-order valence-corrected chi connectivity index (χ2v) is 11.8. The predicted molar refractivity (Wildman–Crippen MR) is 126 cm³/mol. The van der Waals surface area contributed by atoms with E-state index in [9.17, 15) is 10.1 Å². The fourth-order valence-electron chi connectivity index (χ4n) is 4.31. The number of carbonyl (C=O) groups is 1. The van der Waals surface area contributed by atoms with Crippen molar-refractivity contribution >= 4 is 34.0 Å². The number of aromatic nitrogens is 3. The average Bonchev–Trinajstić information content (AvgIpc) is 3.39. The van der Waals surface area contributed by atoms with E-state index < -0.39 is 0 Å². The van der Waals surface area contributed by atoms with Gasteiger partial charge in [0, 0.05) is 17.3 Å². The van der Waals surface area contributed by atoms with Gasteiger partial charge in [0.05, 0.1) is 11.3 Å². The van der Waals surface area contributed by atoms with E-state index >= 15 is 0 Å². The quantitative estimate of drug-likeness (QED) is 0.564. The van der Waals surface area contributed by atoms with Crippen LogP contribution in [0.25, 0.3) is 0 Å². The van der Waals surface area contributed by atoms with Crippen LogP contribution >= 0.6 is 23.1 Å². The van der Waals surface area contributed by atoms with Gasteiger partial charge in [-0.2, -0.15) is 5.26 Å². The minimum absolute atomic E-state index is 0.0912. The van der Waals surface area contributed by atoms with Crippen LogP contribution in [-0.2, 0) is 24.2 Å². The SMILES string of the molecule is CCCn1c(SCC(=O)Nc2sc3c(c2C#N)CCC(C(C)(C)C)C3)nnc1C1CC1. The van der Waals surface area contributed by atoms with Gasteiger partial charge in [-0.3, -0.25) is 4.79 Å². The summed E-state index contributed by atoms with van der Waals surface area (Å²) in [5.74, 6) is 2.39. The number of hydrogen-bond donors (Lipinski definition) is 1. The Labute approximate surface area is 192 Å². The van der Waals surface area contributed by atoms with Crippen LogP contribution in [-0.4, -0.2) is 26.4 Å². The van der Waals surface area contributed by atoms with Crippen molar-refractivity contribution in [1.82, 2.24) is 14.8 Å². The zero-order valence-corrected chi connectivity index (χ0v) is 20.5. The molecule has 0 aromatic carbocycles. The topological polar surface area (TPSA) is 83.6 Å². The van der Waals surface area contributed by atoms with Crippen molar-refractivity contribution in [2.24, 2.45) is 11.3 Å². The highest BCUT2D eigenvalue weighted by atomic mass is 32.2. The lowest BCUT2D eigenvalue weighted by Gasteiger charge is -2.33. The van der Waals surface area contributed by atoms with Gasteiger partial charge in [0.1, 0.15) is 16.9 Å². The maximum absolute atomic E-state index is 12.7. The summed E-state index contributed by atoms with van der Waals surface area (Å²) in [7, 11) is 0. The van der Waals surface area contributed by atoms with E-state index in [1.54, 1.807) is 11.3 Å². The monoisotopic (exact) mass is 457 g/mol. The molecule has 0 spiro atoms. The minimum atomic E-state index is -0.0912. The van der Waals surface area contributed by atoms with E-state index in [0.29, 0.717) is 22.4 Å². The van der Waals surface area contributed by atoms with Crippen molar-refractivity contribution in [2.45, 2.75) is 83.8 Å². The third-order valence-corrected chi connectivity index (χ3v) is 8.46. The Morgan fingerprint density at radius 1 is 1.32 bits per heavy atom. The van der Waals surface area contributed by atoms with E-state index in [2.05, 4.69) is 53.8 Å². The summed E-state index contributed by atoms with van der Waals surface area (Å²) < 4.78 is 2.17. The van der Waals surface area contributed by atoms with E-state index in [0.717, 1.165) is 48.8 Å². The molecule has 0 saturated heterocycles. The van der Waals surface area contributed by atoms with E-state index in [1.807, 2.05) is 0 Å². The third-order valence-electron chi connectivity index (χ3n) is 6.32. The van der Waals surface area contributed by atoms with Crippen LogP contribution in [0.15, 0.2) is 5.16 Å². The molecule has 0 aliphatic heterocycles. The molecule has 2 aromatic heterocycles. The molecule has 2 aromatic rings. The molecule has 0 radical (unpaired) electrons. The smallest absolute Gasteiger partial charge is 0.235 e. The van der Waals surface area contributed by atoms with Crippen LogP contribution in [0, 0.1) is 22.7 Å². The highest BCUT2D eigenvalue weighted by Crippen LogP contribution is 2.44.